The molecule has 0 spiro atoms. The minimum absolute atomic E-state index is 0.151. The molecule has 1 nitrogen and oxygen atoms in total. The van der Waals surface area contributed by atoms with Crippen LogP contribution in [0.25, 0.3) is 0 Å². The standard InChI is InChI=1S/C2H8OSSi/c1-3-5-4-2/h5H2,1-2H3. The van der Waals surface area contributed by atoms with Gasteiger partial charge in [0.15, 0.2) is 0 Å². The van der Waals surface area contributed by atoms with E-state index in [1.165, 1.54) is 0 Å². The molecule has 0 bridgehead atoms. The van der Waals surface area contributed by atoms with Crippen molar-refractivity contribution in [2.45, 2.75) is 0 Å². The highest BCUT2D eigenvalue weighted by atomic mass is 32.4. The minimum Gasteiger partial charge on any atom is -0.416 e. The second-order valence-corrected chi connectivity index (χ2v) is 4.52. The molecule has 0 aliphatic carbocycles. The Morgan fingerprint density at radius 2 is 2.40 bits per heavy atom. The van der Waals surface area contributed by atoms with Crippen LogP contribution in [-0.2, 0) is 4.43 Å². The van der Waals surface area contributed by atoms with Gasteiger partial charge in [-0.15, -0.1) is 0 Å². The first-order valence-electron chi connectivity index (χ1n) is 1.39. The molecule has 5 heavy (non-hydrogen) atoms. The predicted molar refractivity (Wildman–Crippen MR) is 29.1 cm³/mol. The largest absolute Gasteiger partial charge is 0.416 e. The fraction of sp³-hybridized carbons (Fsp3) is 1.00. The van der Waals surface area contributed by atoms with E-state index in [2.05, 4.69) is 6.26 Å². The minimum atomic E-state index is -0.151. The summed E-state index contributed by atoms with van der Waals surface area (Å²) in [4.78, 5) is 0. The predicted octanol–water partition coefficient (Wildman–Crippen LogP) is -0.00540. The second kappa shape index (κ2) is 4.53. The van der Waals surface area contributed by atoms with Crippen LogP contribution < -0.4 is 0 Å². The molecular weight excluding hydrogens is 100 g/mol. The Balaban J connectivity index is 2.19. The lowest BCUT2D eigenvalue weighted by Crippen LogP contribution is -1.81. The van der Waals surface area contributed by atoms with Crippen LogP contribution in [0.2, 0.25) is 0 Å². The zero-order valence-electron chi connectivity index (χ0n) is 3.52. The van der Waals surface area contributed by atoms with E-state index in [1.54, 1.807) is 7.11 Å². The van der Waals surface area contributed by atoms with Crippen LogP contribution >= 0.6 is 11.2 Å². The molecule has 0 unspecified atom stereocenters. The van der Waals surface area contributed by atoms with Crippen molar-refractivity contribution in [3.8, 4) is 0 Å². The monoisotopic (exact) mass is 108 g/mol. The molecule has 0 heterocycles. The lowest BCUT2D eigenvalue weighted by molar-refractivity contribution is 0.456. The third-order valence-corrected chi connectivity index (χ3v) is 2.12. The summed E-state index contributed by atoms with van der Waals surface area (Å²) in [6, 6.07) is 0. The summed E-state index contributed by atoms with van der Waals surface area (Å²) in [6.07, 6.45) is 2.07. The van der Waals surface area contributed by atoms with Gasteiger partial charge in [-0.25, -0.2) is 0 Å². The van der Waals surface area contributed by atoms with Crippen molar-refractivity contribution >= 4 is 20.1 Å². The lowest BCUT2D eigenvalue weighted by atomic mass is 11.8. The van der Waals surface area contributed by atoms with Crippen molar-refractivity contribution in [2.75, 3.05) is 13.4 Å². The van der Waals surface area contributed by atoms with E-state index in [-0.39, 0.29) is 8.91 Å². The summed E-state index contributed by atoms with van der Waals surface area (Å²) < 4.78 is 4.79. The maximum Gasteiger partial charge on any atom is 0.221 e. The van der Waals surface area contributed by atoms with E-state index >= 15 is 0 Å². The summed E-state index contributed by atoms with van der Waals surface area (Å²) >= 11 is 1.82. The van der Waals surface area contributed by atoms with Gasteiger partial charge in [-0.2, -0.15) is 11.2 Å². The van der Waals surface area contributed by atoms with Crippen LogP contribution in [0.4, 0.5) is 0 Å². The van der Waals surface area contributed by atoms with Crippen molar-refractivity contribution in [3.63, 3.8) is 0 Å². The molecule has 0 atom stereocenters. The molecule has 0 rings (SSSR count). The van der Waals surface area contributed by atoms with Gasteiger partial charge in [0.1, 0.15) is 0 Å². The molecule has 0 amide bonds. The van der Waals surface area contributed by atoms with Crippen molar-refractivity contribution in [2.24, 2.45) is 0 Å². The third-order valence-electron chi connectivity index (χ3n) is 0.236. The van der Waals surface area contributed by atoms with E-state index in [4.69, 9.17) is 4.43 Å². The van der Waals surface area contributed by atoms with Crippen LogP contribution in [0.1, 0.15) is 0 Å². The quantitative estimate of drug-likeness (QED) is 0.460. The molecule has 0 fully saturated rings. The van der Waals surface area contributed by atoms with Crippen molar-refractivity contribution < 1.29 is 4.43 Å². The molecule has 3 heteroatoms. The van der Waals surface area contributed by atoms with Gasteiger partial charge < -0.3 is 4.43 Å². The van der Waals surface area contributed by atoms with Crippen LogP contribution in [-0.4, -0.2) is 22.3 Å². The molecule has 0 aromatic rings. The topological polar surface area (TPSA) is 9.23 Å². The maximum absolute atomic E-state index is 4.79. The van der Waals surface area contributed by atoms with Crippen molar-refractivity contribution in [3.05, 3.63) is 0 Å². The fourth-order valence-corrected chi connectivity index (χ4v) is 1.06. The summed E-state index contributed by atoms with van der Waals surface area (Å²) in [5, 5.41) is 0. The molecule has 0 aliphatic heterocycles. The van der Waals surface area contributed by atoms with E-state index in [9.17, 15) is 0 Å². The highest BCUT2D eigenvalue weighted by Crippen LogP contribution is 1.82. The Kier molecular flexibility index (Phi) is 5.00. The second-order valence-electron chi connectivity index (χ2n) is 0.695. The Bertz CT molecular complexity index is 17.1. The number of rotatable bonds is 2. The van der Waals surface area contributed by atoms with Crippen LogP contribution in [0.5, 0.6) is 0 Å². The SMILES string of the molecule is CO[SiH2]SC. The Labute approximate surface area is 38.7 Å². The highest BCUT2D eigenvalue weighted by molar-refractivity contribution is 8.21. The normalized spacial score (nSPS) is 10.8. The van der Waals surface area contributed by atoms with Crippen LogP contribution in [0.15, 0.2) is 0 Å². The molecule has 0 aromatic carbocycles. The van der Waals surface area contributed by atoms with Gasteiger partial charge in [0.2, 0.25) is 8.91 Å². The molecular formula is C2H8OSSi. The molecule has 0 N–H and O–H groups in total. The Hall–Kier alpha value is 0.527. The van der Waals surface area contributed by atoms with E-state index < -0.39 is 0 Å². The summed E-state index contributed by atoms with van der Waals surface area (Å²) in [7, 11) is 1.60. The van der Waals surface area contributed by atoms with Gasteiger partial charge in [-0.3, -0.25) is 0 Å². The first-order chi connectivity index (χ1) is 2.41. The molecule has 0 aromatic heterocycles. The van der Waals surface area contributed by atoms with Gasteiger partial charge in [0.05, 0.1) is 0 Å². The summed E-state index contributed by atoms with van der Waals surface area (Å²) in [5.41, 5.74) is 0. The van der Waals surface area contributed by atoms with Gasteiger partial charge in [0, 0.05) is 7.11 Å². The van der Waals surface area contributed by atoms with Crippen molar-refractivity contribution in [1.29, 1.82) is 0 Å². The fourth-order valence-electron chi connectivity index (χ4n) is 0.118. The summed E-state index contributed by atoms with van der Waals surface area (Å²) in [6.45, 7) is 0. The average Bonchev–Trinajstić information content (AvgIpc) is 1.41. The van der Waals surface area contributed by atoms with E-state index in [1.807, 2.05) is 11.2 Å². The highest BCUT2D eigenvalue weighted by Gasteiger charge is 1.68. The average molecular weight is 108 g/mol. The molecule has 0 saturated heterocycles. The zero-order valence-corrected chi connectivity index (χ0v) is 5.75. The first-order valence-corrected chi connectivity index (χ1v) is 5.10. The smallest absolute Gasteiger partial charge is 0.221 e. The van der Waals surface area contributed by atoms with E-state index in [0.29, 0.717) is 0 Å². The van der Waals surface area contributed by atoms with Gasteiger partial charge in [-0.1, -0.05) is 0 Å². The van der Waals surface area contributed by atoms with Gasteiger partial charge >= 0.3 is 0 Å². The lowest BCUT2D eigenvalue weighted by Gasteiger charge is -1.83. The molecule has 32 valence electrons. The van der Waals surface area contributed by atoms with Gasteiger partial charge in [0.25, 0.3) is 0 Å². The van der Waals surface area contributed by atoms with Crippen LogP contribution in [0, 0.1) is 0 Å². The summed E-state index contributed by atoms with van der Waals surface area (Å²) in [5.74, 6) is 0. The van der Waals surface area contributed by atoms with Crippen LogP contribution in [0.3, 0.4) is 0 Å². The zero-order chi connectivity index (χ0) is 4.12. The van der Waals surface area contributed by atoms with Gasteiger partial charge in [-0.05, 0) is 6.26 Å². The molecule has 0 aliphatic rings. The third kappa shape index (κ3) is 4.53. The Morgan fingerprint density at radius 3 is 2.40 bits per heavy atom. The van der Waals surface area contributed by atoms with E-state index in [0.717, 1.165) is 0 Å². The maximum atomic E-state index is 4.79. The molecule has 0 saturated carbocycles. The molecule has 0 radical (unpaired) electrons. The number of hydrogen-bond donors (Lipinski definition) is 0. The Morgan fingerprint density at radius 1 is 1.80 bits per heavy atom. The number of hydrogen-bond acceptors (Lipinski definition) is 2. The van der Waals surface area contributed by atoms with Crippen molar-refractivity contribution in [1.82, 2.24) is 0 Å². The first kappa shape index (κ1) is 5.53.